The SMILES string of the molecule is CC[Si](CC)(CC)OC1CC=C(c2ccccc2)[C@H]2O[C@H]2[C@@H]1C. The van der Waals surface area contributed by atoms with Crippen molar-refractivity contribution in [1.29, 1.82) is 0 Å². The molecule has 3 rings (SSSR count). The molecule has 0 amide bonds. The molecule has 23 heavy (non-hydrogen) atoms. The number of ether oxygens (including phenoxy) is 1. The van der Waals surface area contributed by atoms with Gasteiger partial charge in [0.15, 0.2) is 8.32 Å². The summed E-state index contributed by atoms with van der Waals surface area (Å²) in [5.74, 6) is 0.481. The van der Waals surface area contributed by atoms with Gasteiger partial charge < -0.3 is 9.16 Å². The Balaban J connectivity index is 1.81. The molecule has 2 aliphatic rings. The van der Waals surface area contributed by atoms with Crippen LogP contribution < -0.4 is 0 Å². The lowest BCUT2D eigenvalue weighted by Crippen LogP contribution is -2.42. The molecule has 1 aromatic carbocycles. The Kier molecular flexibility index (Phi) is 5.09. The molecule has 1 aliphatic carbocycles. The van der Waals surface area contributed by atoms with E-state index in [0.29, 0.717) is 18.1 Å². The van der Waals surface area contributed by atoms with Crippen LogP contribution in [0.4, 0.5) is 0 Å². The van der Waals surface area contributed by atoms with Gasteiger partial charge >= 0.3 is 0 Å². The van der Waals surface area contributed by atoms with E-state index in [9.17, 15) is 0 Å². The first-order valence-corrected chi connectivity index (χ1v) is 11.8. The quantitative estimate of drug-likeness (QED) is 0.523. The van der Waals surface area contributed by atoms with E-state index in [1.807, 2.05) is 0 Å². The highest BCUT2D eigenvalue weighted by Gasteiger charge is 2.50. The highest BCUT2D eigenvalue weighted by molar-refractivity contribution is 6.73. The zero-order chi connectivity index (χ0) is 16.4. The lowest BCUT2D eigenvalue weighted by Gasteiger charge is -2.35. The second-order valence-corrected chi connectivity index (χ2v) is 11.8. The van der Waals surface area contributed by atoms with Crippen molar-refractivity contribution in [1.82, 2.24) is 0 Å². The van der Waals surface area contributed by atoms with Crippen LogP contribution in [-0.2, 0) is 9.16 Å². The molecule has 3 heteroatoms. The molecule has 126 valence electrons. The van der Waals surface area contributed by atoms with Crippen molar-refractivity contribution in [2.75, 3.05) is 0 Å². The Bertz CT molecular complexity index is 542. The van der Waals surface area contributed by atoms with Crippen molar-refractivity contribution in [3.8, 4) is 0 Å². The Hall–Kier alpha value is -0.903. The van der Waals surface area contributed by atoms with E-state index >= 15 is 0 Å². The van der Waals surface area contributed by atoms with Crippen LogP contribution in [0.25, 0.3) is 5.57 Å². The Morgan fingerprint density at radius 1 is 1.09 bits per heavy atom. The molecule has 1 fully saturated rings. The number of rotatable bonds is 6. The predicted octanol–water partition coefficient (Wildman–Crippen LogP) is 5.27. The van der Waals surface area contributed by atoms with Crippen molar-refractivity contribution < 1.29 is 9.16 Å². The van der Waals surface area contributed by atoms with Crippen LogP contribution in [0.5, 0.6) is 0 Å². The van der Waals surface area contributed by atoms with Crippen LogP contribution in [0.15, 0.2) is 36.4 Å². The molecule has 0 radical (unpaired) electrons. The van der Waals surface area contributed by atoms with Gasteiger partial charge in [-0.2, -0.15) is 0 Å². The van der Waals surface area contributed by atoms with Gasteiger partial charge in [-0.1, -0.05) is 64.1 Å². The zero-order valence-corrected chi connectivity index (χ0v) is 15.9. The summed E-state index contributed by atoms with van der Waals surface area (Å²) in [5.41, 5.74) is 2.67. The average molecular weight is 331 g/mol. The molecular formula is C20H30O2Si. The third kappa shape index (κ3) is 3.33. The van der Waals surface area contributed by atoms with Gasteiger partial charge in [0.1, 0.15) is 6.10 Å². The van der Waals surface area contributed by atoms with Crippen molar-refractivity contribution >= 4 is 13.9 Å². The maximum absolute atomic E-state index is 6.81. The molecule has 0 aromatic heterocycles. The summed E-state index contributed by atoms with van der Waals surface area (Å²) in [6.45, 7) is 9.24. The van der Waals surface area contributed by atoms with Gasteiger partial charge in [-0.05, 0) is 35.7 Å². The number of fused-ring (bicyclic) bond motifs is 1. The number of benzene rings is 1. The van der Waals surface area contributed by atoms with Crippen LogP contribution in [0.1, 0.15) is 39.7 Å². The first kappa shape index (κ1) is 16.9. The van der Waals surface area contributed by atoms with E-state index < -0.39 is 8.32 Å². The molecule has 0 bridgehead atoms. The molecule has 1 heterocycles. The summed E-state index contributed by atoms with van der Waals surface area (Å²) in [6, 6.07) is 14.3. The minimum atomic E-state index is -1.57. The summed E-state index contributed by atoms with van der Waals surface area (Å²) in [6.07, 6.45) is 4.34. The van der Waals surface area contributed by atoms with E-state index in [1.54, 1.807) is 0 Å². The summed E-state index contributed by atoms with van der Waals surface area (Å²) >= 11 is 0. The molecule has 1 saturated heterocycles. The molecule has 1 unspecified atom stereocenters. The van der Waals surface area contributed by atoms with Crippen LogP contribution in [-0.4, -0.2) is 26.6 Å². The average Bonchev–Trinajstić information content (AvgIpc) is 3.39. The molecule has 1 aromatic rings. The Labute approximate surface area is 142 Å². The predicted molar refractivity (Wildman–Crippen MR) is 98.9 cm³/mol. The van der Waals surface area contributed by atoms with Crippen molar-refractivity contribution in [3.63, 3.8) is 0 Å². The van der Waals surface area contributed by atoms with E-state index in [2.05, 4.69) is 64.1 Å². The van der Waals surface area contributed by atoms with E-state index in [1.165, 1.54) is 29.3 Å². The summed E-state index contributed by atoms with van der Waals surface area (Å²) < 4.78 is 12.9. The number of hydrogen-bond acceptors (Lipinski definition) is 2. The van der Waals surface area contributed by atoms with Gasteiger partial charge in [-0.25, -0.2) is 0 Å². The highest BCUT2D eigenvalue weighted by atomic mass is 28.4. The maximum Gasteiger partial charge on any atom is 0.192 e. The van der Waals surface area contributed by atoms with E-state index in [4.69, 9.17) is 9.16 Å². The van der Waals surface area contributed by atoms with Gasteiger partial charge in [-0.3, -0.25) is 0 Å². The molecule has 4 atom stereocenters. The fourth-order valence-corrected chi connectivity index (χ4v) is 6.90. The molecule has 0 spiro atoms. The van der Waals surface area contributed by atoms with Crippen molar-refractivity contribution in [2.24, 2.45) is 5.92 Å². The monoisotopic (exact) mass is 330 g/mol. The minimum Gasteiger partial charge on any atom is -0.413 e. The lowest BCUT2D eigenvalue weighted by atomic mass is 9.97. The van der Waals surface area contributed by atoms with Crippen molar-refractivity contribution in [2.45, 2.75) is 70.6 Å². The second kappa shape index (κ2) is 6.92. The first-order chi connectivity index (χ1) is 11.1. The highest BCUT2D eigenvalue weighted by Crippen LogP contribution is 2.45. The van der Waals surface area contributed by atoms with Crippen molar-refractivity contribution in [3.05, 3.63) is 42.0 Å². The third-order valence-electron chi connectivity index (χ3n) is 5.95. The fourth-order valence-electron chi connectivity index (χ4n) is 3.95. The molecule has 0 N–H and O–H groups in total. The normalized spacial score (nSPS) is 30.3. The Morgan fingerprint density at radius 2 is 1.74 bits per heavy atom. The van der Waals surface area contributed by atoms with E-state index in [-0.39, 0.29) is 6.10 Å². The molecule has 2 nitrogen and oxygen atoms in total. The number of hydrogen-bond donors (Lipinski definition) is 0. The first-order valence-electron chi connectivity index (χ1n) is 9.23. The van der Waals surface area contributed by atoms with Crippen LogP contribution in [0, 0.1) is 5.92 Å². The van der Waals surface area contributed by atoms with E-state index in [0.717, 1.165) is 6.42 Å². The fraction of sp³-hybridized carbons (Fsp3) is 0.600. The largest absolute Gasteiger partial charge is 0.413 e. The topological polar surface area (TPSA) is 21.8 Å². The summed E-state index contributed by atoms with van der Waals surface area (Å²) in [4.78, 5) is 0. The third-order valence-corrected chi connectivity index (χ3v) is 10.6. The van der Waals surface area contributed by atoms with Gasteiger partial charge in [0.25, 0.3) is 0 Å². The number of epoxide rings is 1. The smallest absolute Gasteiger partial charge is 0.192 e. The molecule has 1 aliphatic heterocycles. The zero-order valence-electron chi connectivity index (χ0n) is 14.9. The summed E-state index contributed by atoms with van der Waals surface area (Å²) in [5, 5.41) is 0. The Morgan fingerprint density at radius 3 is 2.35 bits per heavy atom. The van der Waals surface area contributed by atoms with Gasteiger partial charge in [0, 0.05) is 5.92 Å². The van der Waals surface area contributed by atoms with Crippen LogP contribution in [0.3, 0.4) is 0 Å². The maximum atomic E-state index is 6.81. The van der Waals surface area contributed by atoms with Crippen LogP contribution in [0.2, 0.25) is 18.1 Å². The molecule has 0 saturated carbocycles. The van der Waals surface area contributed by atoms with Gasteiger partial charge in [0.05, 0.1) is 12.2 Å². The van der Waals surface area contributed by atoms with Crippen LogP contribution >= 0.6 is 0 Å². The summed E-state index contributed by atoms with van der Waals surface area (Å²) in [7, 11) is -1.57. The van der Waals surface area contributed by atoms with Gasteiger partial charge in [0.2, 0.25) is 0 Å². The van der Waals surface area contributed by atoms with Gasteiger partial charge in [-0.15, -0.1) is 0 Å². The standard InChI is InChI=1S/C20H30O2Si/c1-5-23(6-2,7-3)22-18-14-13-17(16-11-9-8-10-12-16)20-19(21-20)15(18)4/h8-13,15,18-20H,5-7,14H2,1-4H3/t15-,18?,19+,20-/m1/s1. The molecular weight excluding hydrogens is 300 g/mol. The minimum absolute atomic E-state index is 0.280. The second-order valence-electron chi connectivity index (χ2n) is 7.04. The lowest BCUT2D eigenvalue weighted by molar-refractivity contribution is 0.113.